The highest BCUT2D eigenvalue weighted by Gasteiger charge is 2.26. The molecule has 4 nitrogen and oxygen atoms in total. The Kier molecular flexibility index (Phi) is 6.23. The number of furan rings is 1. The number of hydrogen-bond acceptors (Lipinski definition) is 3. The van der Waals surface area contributed by atoms with Crippen LogP contribution in [0, 0.1) is 0 Å². The summed E-state index contributed by atoms with van der Waals surface area (Å²) < 4.78 is 5.53. The van der Waals surface area contributed by atoms with E-state index in [1.807, 2.05) is 18.2 Å². The third kappa shape index (κ3) is 4.88. The number of anilines is 1. The van der Waals surface area contributed by atoms with Crippen LogP contribution in [0.5, 0.6) is 0 Å². The number of piperidine rings is 1. The van der Waals surface area contributed by atoms with Crippen LogP contribution >= 0.6 is 35.4 Å². The number of nitrogens with one attached hydrogen (secondary N) is 1. The van der Waals surface area contributed by atoms with Gasteiger partial charge >= 0.3 is 0 Å². The number of hydrogen-bond donors (Lipinski definition) is 1. The van der Waals surface area contributed by atoms with Crippen LogP contribution in [0.3, 0.4) is 0 Å². The topological polar surface area (TPSA) is 31.6 Å². The van der Waals surface area contributed by atoms with Crippen LogP contribution in [0.2, 0.25) is 10.0 Å². The molecule has 7 heteroatoms. The molecule has 1 aliphatic heterocycles. The first-order valence-corrected chi connectivity index (χ1v) is 9.43. The second kappa shape index (κ2) is 8.41. The van der Waals surface area contributed by atoms with Gasteiger partial charge in [-0.1, -0.05) is 23.2 Å². The van der Waals surface area contributed by atoms with E-state index in [4.69, 9.17) is 39.8 Å². The molecule has 1 aromatic heterocycles. The van der Waals surface area contributed by atoms with E-state index >= 15 is 0 Å². The van der Waals surface area contributed by atoms with Gasteiger partial charge < -0.3 is 19.5 Å². The smallest absolute Gasteiger partial charge is 0.174 e. The molecule has 1 fully saturated rings. The molecule has 0 spiro atoms. The first-order valence-electron chi connectivity index (χ1n) is 8.26. The molecule has 0 saturated carbocycles. The fourth-order valence-electron chi connectivity index (χ4n) is 3.02. The molecule has 0 radical (unpaired) electrons. The van der Waals surface area contributed by atoms with Gasteiger partial charge in [0.05, 0.1) is 23.5 Å². The van der Waals surface area contributed by atoms with Gasteiger partial charge in [0.1, 0.15) is 5.76 Å². The van der Waals surface area contributed by atoms with Crippen molar-refractivity contribution in [1.29, 1.82) is 0 Å². The van der Waals surface area contributed by atoms with Gasteiger partial charge in [-0.25, -0.2) is 0 Å². The second-order valence-electron chi connectivity index (χ2n) is 6.30. The van der Waals surface area contributed by atoms with Crippen LogP contribution in [0.15, 0.2) is 41.0 Å². The van der Waals surface area contributed by atoms with E-state index in [1.165, 1.54) is 0 Å². The molecule has 25 heavy (non-hydrogen) atoms. The first-order chi connectivity index (χ1) is 12.0. The van der Waals surface area contributed by atoms with Gasteiger partial charge in [0.2, 0.25) is 0 Å². The Morgan fingerprint density at radius 2 is 2.08 bits per heavy atom. The summed E-state index contributed by atoms with van der Waals surface area (Å²) in [6.07, 6.45) is 3.81. The highest BCUT2D eigenvalue weighted by molar-refractivity contribution is 7.80. The Balaban J connectivity index is 1.76. The maximum Gasteiger partial charge on any atom is 0.174 e. The molecule has 0 bridgehead atoms. The van der Waals surface area contributed by atoms with E-state index in [9.17, 15) is 0 Å². The van der Waals surface area contributed by atoms with Gasteiger partial charge in [-0.3, -0.25) is 0 Å². The number of rotatable bonds is 4. The van der Waals surface area contributed by atoms with Crippen LogP contribution in [0.1, 0.15) is 18.6 Å². The van der Waals surface area contributed by atoms with Gasteiger partial charge in [0.25, 0.3) is 0 Å². The molecule has 2 heterocycles. The van der Waals surface area contributed by atoms with Crippen molar-refractivity contribution in [2.24, 2.45) is 0 Å². The van der Waals surface area contributed by atoms with Crippen molar-refractivity contribution >= 4 is 46.2 Å². The molecule has 2 aromatic rings. The average Bonchev–Trinajstić information content (AvgIpc) is 3.09. The summed E-state index contributed by atoms with van der Waals surface area (Å²) in [6.45, 7) is 2.76. The van der Waals surface area contributed by atoms with Crippen molar-refractivity contribution in [3.8, 4) is 0 Å². The predicted molar refractivity (Wildman–Crippen MR) is 107 cm³/mol. The molecule has 1 N–H and O–H groups in total. The summed E-state index contributed by atoms with van der Waals surface area (Å²) in [7, 11) is 2.15. The Morgan fingerprint density at radius 1 is 1.32 bits per heavy atom. The van der Waals surface area contributed by atoms with Crippen LogP contribution in [0.25, 0.3) is 0 Å². The predicted octanol–water partition coefficient (Wildman–Crippen LogP) is 4.88. The standard InChI is InChI=1S/C18H21Cl2N3OS/c1-22-8-6-14(7-9-22)23(12-15-3-2-10-24-15)18(25)21-17-5-4-13(19)11-16(17)20/h2-5,10-11,14H,6-9,12H2,1H3,(H,21,25). The average molecular weight is 398 g/mol. The van der Waals surface area contributed by atoms with Crippen LogP contribution < -0.4 is 5.32 Å². The highest BCUT2D eigenvalue weighted by Crippen LogP contribution is 2.27. The summed E-state index contributed by atoms with van der Waals surface area (Å²) in [5, 5.41) is 5.07. The summed E-state index contributed by atoms with van der Waals surface area (Å²) in [5.74, 6) is 0.894. The summed E-state index contributed by atoms with van der Waals surface area (Å²) >= 11 is 18.0. The lowest BCUT2D eigenvalue weighted by Gasteiger charge is -2.38. The molecule has 134 valence electrons. The van der Waals surface area contributed by atoms with Gasteiger partial charge in [-0.05, 0) is 75.5 Å². The maximum absolute atomic E-state index is 6.28. The fraction of sp³-hybridized carbons (Fsp3) is 0.389. The molecule has 1 saturated heterocycles. The summed E-state index contributed by atoms with van der Waals surface area (Å²) in [5.41, 5.74) is 0.758. The maximum atomic E-state index is 6.28. The largest absolute Gasteiger partial charge is 0.467 e. The normalized spacial score (nSPS) is 16.0. The molecule has 1 aromatic carbocycles. The monoisotopic (exact) mass is 397 g/mol. The number of halogens is 2. The molecular weight excluding hydrogens is 377 g/mol. The van der Waals surface area contributed by atoms with Crippen molar-refractivity contribution in [3.05, 3.63) is 52.4 Å². The highest BCUT2D eigenvalue weighted by atomic mass is 35.5. The minimum Gasteiger partial charge on any atom is -0.467 e. The van der Waals surface area contributed by atoms with Crippen LogP contribution in [-0.2, 0) is 6.54 Å². The number of nitrogens with zero attached hydrogens (tertiary/aromatic N) is 2. The zero-order valence-electron chi connectivity index (χ0n) is 14.0. The van der Waals surface area contributed by atoms with Gasteiger partial charge in [0.15, 0.2) is 5.11 Å². The van der Waals surface area contributed by atoms with E-state index < -0.39 is 0 Å². The van der Waals surface area contributed by atoms with Crippen molar-refractivity contribution in [2.75, 3.05) is 25.5 Å². The zero-order valence-corrected chi connectivity index (χ0v) is 16.4. The van der Waals surface area contributed by atoms with Crippen molar-refractivity contribution < 1.29 is 4.42 Å². The van der Waals surface area contributed by atoms with Crippen LogP contribution in [0.4, 0.5) is 5.69 Å². The van der Waals surface area contributed by atoms with Crippen molar-refractivity contribution in [2.45, 2.75) is 25.4 Å². The molecule has 3 rings (SSSR count). The minimum atomic E-state index is 0.368. The molecule has 0 unspecified atom stereocenters. The molecule has 0 aliphatic carbocycles. The molecule has 1 aliphatic rings. The molecule has 0 atom stereocenters. The minimum absolute atomic E-state index is 0.368. The number of likely N-dealkylation sites (tertiary alicyclic amines) is 1. The lowest BCUT2D eigenvalue weighted by atomic mass is 10.0. The first kappa shape index (κ1) is 18.5. The van der Waals surface area contributed by atoms with E-state index in [2.05, 4.69) is 22.2 Å². The van der Waals surface area contributed by atoms with E-state index in [0.29, 0.717) is 27.7 Å². The number of benzene rings is 1. The SMILES string of the molecule is CN1CCC(N(Cc2ccco2)C(=S)Nc2ccc(Cl)cc2Cl)CC1. The lowest BCUT2D eigenvalue weighted by Crippen LogP contribution is -2.47. The quantitative estimate of drug-likeness (QED) is 0.742. The lowest BCUT2D eigenvalue weighted by molar-refractivity contribution is 0.168. The molecular formula is C18H21Cl2N3OS. The Morgan fingerprint density at radius 3 is 2.72 bits per heavy atom. The third-order valence-electron chi connectivity index (χ3n) is 4.47. The van der Waals surface area contributed by atoms with Crippen molar-refractivity contribution in [1.82, 2.24) is 9.80 Å². The summed E-state index contributed by atoms with van der Waals surface area (Å²) in [6, 6.07) is 9.59. The number of thiocarbonyl (C=S) groups is 1. The zero-order chi connectivity index (χ0) is 17.8. The summed E-state index contributed by atoms with van der Waals surface area (Å²) in [4.78, 5) is 4.54. The van der Waals surface area contributed by atoms with E-state index in [0.717, 1.165) is 37.4 Å². The third-order valence-corrected chi connectivity index (χ3v) is 5.35. The Bertz CT molecular complexity index is 715. The Labute approximate surface area is 163 Å². The van der Waals surface area contributed by atoms with Gasteiger partial charge in [-0.15, -0.1) is 0 Å². The van der Waals surface area contributed by atoms with E-state index in [-0.39, 0.29) is 0 Å². The van der Waals surface area contributed by atoms with E-state index in [1.54, 1.807) is 18.4 Å². The Hall–Kier alpha value is -1.27. The molecule has 0 amide bonds. The van der Waals surface area contributed by atoms with Crippen LogP contribution in [-0.4, -0.2) is 41.1 Å². The van der Waals surface area contributed by atoms with Gasteiger partial charge in [-0.2, -0.15) is 0 Å². The second-order valence-corrected chi connectivity index (χ2v) is 7.53. The van der Waals surface area contributed by atoms with Gasteiger partial charge in [0, 0.05) is 11.1 Å². The fourth-order valence-corrected chi connectivity index (χ4v) is 3.80. The van der Waals surface area contributed by atoms with Crippen molar-refractivity contribution in [3.63, 3.8) is 0 Å².